The Bertz CT molecular complexity index is 3460. The van der Waals surface area contributed by atoms with Gasteiger partial charge in [0.1, 0.15) is 5.58 Å². The van der Waals surface area contributed by atoms with Gasteiger partial charge in [-0.1, -0.05) is 176 Å². The number of hydrogen-bond acceptors (Lipinski definition) is 3. The Morgan fingerprint density at radius 2 is 1.32 bits per heavy atom. The van der Waals surface area contributed by atoms with Gasteiger partial charge in [0.15, 0.2) is 0 Å². The summed E-state index contributed by atoms with van der Waals surface area (Å²) in [5.74, 6) is 0.799. The van der Waals surface area contributed by atoms with Crippen LogP contribution in [0.2, 0.25) is 19.6 Å². The molecule has 0 bridgehead atoms. The third-order valence-electron chi connectivity index (χ3n) is 11.6. The molecule has 3 aromatic heterocycles. The number of aromatic nitrogens is 3. The normalized spacial score (nSPS) is 12.0. The van der Waals surface area contributed by atoms with Crippen LogP contribution in [0.1, 0.15) is 13.9 Å². The molecule has 319 valence electrons. The molecule has 0 aliphatic rings. The molecule has 8 aromatic carbocycles. The van der Waals surface area contributed by atoms with Crippen LogP contribution in [0.3, 0.4) is 0 Å². The summed E-state index contributed by atoms with van der Waals surface area (Å²) in [7, 11) is -1.74. The molecule has 0 saturated heterocycles. The summed E-state index contributed by atoms with van der Waals surface area (Å²) in [5, 5.41) is 3.23. The molecule has 0 aliphatic heterocycles. The van der Waals surface area contributed by atoms with Crippen molar-refractivity contribution >= 4 is 46.2 Å². The van der Waals surface area contributed by atoms with Gasteiger partial charge in [0, 0.05) is 45.7 Å². The van der Waals surface area contributed by atoms with E-state index < -0.39 is 14.4 Å². The van der Waals surface area contributed by atoms with Crippen LogP contribution in [0.15, 0.2) is 211 Å². The molecule has 0 fully saturated rings. The second-order valence-electron chi connectivity index (χ2n) is 16.9. The van der Waals surface area contributed by atoms with Crippen LogP contribution >= 0.6 is 0 Å². The molecule has 4 nitrogen and oxygen atoms in total. The minimum atomic E-state index is -1.74. The zero-order chi connectivity index (χ0) is 45.3. The first-order valence-corrected chi connectivity index (χ1v) is 25.2. The first-order valence-electron chi connectivity index (χ1n) is 22.7. The molecule has 0 spiro atoms. The van der Waals surface area contributed by atoms with Gasteiger partial charge in [-0.25, -0.2) is 0 Å². The van der Waals surface area contributed by atoms with Gasteiger partial charge >= 0.3 is 0 Å². The average Bonchev–Trinajstić information content (AvgIpc) is 3.94. The van der Waals surface area contributed by atoms with Crippen LogP contribution in [0.25, 0.3) is 83.6 Å². The third kappa shape index (κ3) is 9.07. The fourth-order valence-electron chi connectivity index (χ4n) is 8.38. The Hall–Kier alpha value is -6.95. The number of imidazole rings is 1. The van der Waals surface area contributed by atoms with Crippen LogP contribution in [0.5, 0.6) is 0 Å². The van der Waals surface area contributed by atoms with Crippen molar-refractivity contribution < 1.29 is 27.3 Å². The monoisotopic (exact) mass is 1040 g/mol. The predicted molar refractivity (Wildman–Crippen MR) is 269 cm³/mol. The van der Waals surface area contributed by atoms with E-state index in [9.17, 15) is 0 Å². The van der Waals surface area contributed by atoms with E-state index in [1.54, 1.807) is 0 Å². The number of aryl methyl sites for hydroxylation is 2. The molecule has 0 saturated carbocycles. The maximum absolute atomic E-state index is 8.84. The number of furan rings is 1. The summed E-state index contributed by atoms with van der Waals surface area (Å²) in [5.41, 5.74) is 13.5. The van der Waals surface area contributed by atoms with Crippen molar-refractivity contribution in [1.29, 1.82) is 0 Å². The molecular weight excluding hydrogens is 987 g/mol. The van der Waals surface area contributed by atoms with E-state index in [1.807, 2.05) is 103 Å². The molecule has 0 unspecified atom stereocenters. The van der Waals surface area contributed by atoms with Crippen molar-refractivity contribution in [3.8, 4) is 50.6 Å². The first-order chi connectivity index (χ1) is 32.1. The van der Waals surface area contributed by atoms with E-state index >= 15 is 0 Å². The average molecular weight is 1040 g/mol. The summed E-state index contributed by atoms with van der Waals surface area (Å²) in [4.78, 5) is 9.82. The molecule has 0 N–H and O–H groups in total. The second-order valence-corrected chi connectivity index (χ2v) is 21.9. The fourth-order valence-corrected chi connectivity index (χ4v) is 9.80. The van der Waals surface area contributed by atoms with Crippen LogP contribution in [0.4, 0.5) is 0 Å². The second kappa shape index (κ2) is 19.0. The minimum absolute atomic E-state index is 0. The molecule has 0 aliphatic carbocycles. The Labute approximate surface area is 398 Å². The summed E-state index contributed by atoms with van der Waals surface area (Å²) in [6.45, 7) is 6.71. The maximum atomic E-state index is 8.84. The van der Waals surface area contributed by atoms with Gasteiger partial charge in [-0.2, -0.15) is 0 Å². The van der Waals surface area contributed by atoms with Gasteiger partial charge in [-0.15, -0.1) is 54.1 Å². The van der Waals surface area contributed by atoms with E-state index in [0.29, 0.717) is 6.42 Å². The van der Waals surface area contributed by atoms with Crippen LogP contribution in [0, 0.1) is 12.1 Å². The van der Waals surface area contributed by atoms with Gasteiger partial charge in [0.25, 0.3) is 0 Å². The SMILES string of the molecule is [2H]C([2H])(Cc1ccccc1)c1cc(-c2[c-]cccc2)ncc1[Si](C)(C)C.[Ir].[c-]1ccc2c(oc3ccccc32)c1-c1nc2ccccc2n1-c1cc(-c2ccccc2)ccc1-c1ccccc1. The Morgan fingerprint density at radius 3 is 2.08 bits per heavy atom. The number of fused-ring (bicyclic) bond motifs is 4. The molecule has 65 heavy (non-hydrogen) atoms. The molecule has 0 amide bonds. The zero-order valence-corrected chi connectivity index (χ0v) is 39.8. The number of benzene rings is 8. The number of hydrogen-bond donors (Lipinski definition) is 0. The van der Waals surface area contributed by atoms with Crippen molar-refractivity contribution in [3.63, 3.8) is 0 Å². The van der Waals surface area contributed by atoms with Crippen molar-refractivity contribution in [1.82, 2.24) is 14.5 Å². The molecule has 3 heterocycles. The Kier molecular flexibility index (Phi) is 11.9. The summed E-state index contributed by atoms with van der Waals surface area (Å²) in [6, 6.07) is 74.4. The molecule has 0 atom stereocenters. The third-order valence-corrected chi connectivity index (χ3v) is 13.6. The Morgan fingerprint density at radius 1 is 0.631 bits per heavy atom. The van der Waals surface area contributed by atoms with Gasteiger partial charge in [-0.05, 0) is 70.2 Å². The molecule has 11 aromatic rings. The van der Waals surface area contributed by atoms with E-state index in [-0.39, 0.29) is 20.1 Å². The molecule has 6 heteroatoms. The van der Waals surface area contributed by atoms with E-state index in [0.717, 1.165) is 94.3 Å². The minimum Gasteiger partial charge on any atom is -0.501 e. The topological polar surface area (TPSA) is 43.9 Å². The van der Waals surface area contributed by atoms with Crippen LogP contribution in [-0.4, -0.2) is 22.6 Å². The maximum Gasteiger partial charge on any atom is 0.120 e. The molecular formula is C59H47IrN3OSi-2. The van der Waals surface area contributed by atoms with E-state index in [2.05, 4.69) is 144 Å². The van der Waals surface area contributed by atoms with E-state index in [4.69, 9.17) is 12.1 Å². The van der Waals surface area contributed by atoms with Crippen molar-refractivity contribution in [2.75, 3.05) is 0 Å². The molecule has 1 radical (unpaired) electrons. The van der Waals surface area contributed by atoms with Gasteiger partial charge in [-0.3, -0.25) is 4.98 Å². The van der Waals surface area contributed by atoms with Gasteiger partial charge in [0.2, 0.25) is 0 Å². The summed E-state index contributed by atoms with van der Waals surface area (Å²) < 4.78 is 26.4. The number of rotatable bonds is 9. The number of pyridine rings is 1. The predicted octanol–water partition coefficient (Wildman–Crippen LogP) is 14.6. The fraction of sp³-hybridized carbons (Fsp3) is 0.0847. The zero-order valence-electron chi connectivity index (χ0n) is 38.4. The molecule has 11 rings (SSSR count). The van der Waals surface area contributed by atoms with Crippen LogP contribution in [-0.2, 0) is 32.9 Å². The van der Waals surface area contributed by atoms with Crippen molar-refractivity contribution in [2.24, 2.45) is 0 Å². The first kappa shape index (κ1) is 40.8. The van der Waals surface area contributed by atoms with E-state index in [1.165, 1.54) is 5.56 Å². The smallest absolute Gasteiger partial charge is 0.120 e. The van der Waals surface area contributed by atoms with Crippen molar-refractivity contribution in [3.05, 3.63) is 230 Å². The number of nitrogens with zero attached hydrogens (tertiary/aromatic N) is 3. The standard InChI is InChI=1S/C37H23N2O.C22H24NSi.Ir/c1-3-12-25(13-4-1)27-22-23-28(26-14-5-2-6-15-26)34(24-27)39-33-20-9-8-19-32(33)38-37(39)31-18-11-17-30-29-16-7-10-21-35(29)40-36(30)31;1-24(2,3)22-17-23-21(19-12-8-5-9-13-19)16-20(22)15-14-18-10-6-4-7-11-18;/h1-17,19-24H;4-12,16-17H,14-15H2,1-3H3;/q2*-1;/i;15D2;. The van der Waals surface area contributed by atoms with Crippen molar-refractivity contribution in [2.45, 2.75) is 32.4 Å². The quantitative estimate of drug-likeness (QED) is 0.107. The summed E-state index contributed by atoms with van der Waals surface area (Å²) in [6.07, 6.45) is 0.789. The Balaban J connectivity index is 0.000000182. The van der Waals surface area contributed by atoms with Gasteiger partial charge in [0.05, 0.1) is 30.5 Å². The largest absolute Gasteiger partial charge is 0.501 e. The van der Waals surface area contributed by atoms with Gasteiger partial charge < -0.3 is 14.0 Å². The summed E-state index contributed by atoms with van der Waals surface area (Å²) >= 11 is 0. The van der Waals surface area contributed by atoms with Crippen LogP contribution < -0.4 is 5.19 Å². The number of para-hydroxylation sites is 3.